The van der Waals surface area contributed by atoms with Gasteiger partial charge in [-0.1, -0.05) is 0 Å². The Kier molecular flexibility index (Phi) is 6.97. The molecule has 192 valence electrons. The molecule has 3 aliphatic rings. The van der Waals surface area contributed by atoms with E-state index in [0.29, 0.717) is 30.3 Å². The van der Waals surface area contributed by atoms with Gasteiger partial charge in [-0.2, -0.15) is 5.10 Å². The molecule has 1 aliphatic heterocycles. The first-order valence-corrected chi connectivity index (χ1v) is 12.4. The Balaban J connectivity index is 0.00000320. The largest absolute Gasteiger partial charge is 0.377 e. The zero-order chi connectivity index (χ0) is 25.1. The highest BCUT2D eigenvalue weighted by Crippen LogP contribution is 2.48. The molecule has 10 heteroatoms. The number of aliphatic imine (C=N–C) groups is 1. The third kappa shape index (κ3) is 5.71. The molecule has 1 saturated heterocycles. The fourth-order valence-corrected chi connectivity index (χ4v) is 4.18. The summed E-state index contributed by atoms with van der Waals surface area (Å²) in [6.45, 7) is 2.15. The van der Waals surface area contributed by atoms with Crippen molar-refractivity contribution in [2.24, 2.45) is 21.4 Å². The van der Waals surface area contributed by atoms with Crippen molar-refractivity contribution in [1.29, 1.82) is 0 Å². The van der Waals surface area contributed by atoms with Gasteiger partial charge >= 0.3 is 0 Å². The number of nitrogens with two attached hydrogens (primary N) is 1. The van der Waals surface area contributed by atoms with Gasteiger partial charge in [0.25, 0.3) is 5.91 Å². The maximum Gasteiger partial charge on any atom is 0.251 e. The maximum atomic E-state index is 12.8. The zero-order valence-electron chi connectivity index (χ0n) is 20.8. The molecule has 3 N–H and O–H groups in total. The van der Waals surface area contributed by atoms with E-state index in [0.717, 1.165) is 35.9 Å². The fourth-order valence-electron chi connectivity index (χ4n) is 4.18. The Labute approximate surface area is 212 Å². The molecule has 2 aromatic rings. The SMILES string of the molecule is CN(C)c1cc(C(=O)NCc2cnc(C3CC3)cn2)ccc1/C(C=NCC1OCC2(CC2)CO1)=N/N.[HH]. The first-order chi connectivity index (χ1) is 17.5. The first kappa shape index (κ1) is 24.3. The van der Waals surface area contributed by atoms with Crippen LogP contribution in [0.4, 0.5) is 5.69 Å². The molecule has 0 bridgehead atoms. The summed E-state index contributed by atoms with van der Waals surface area (Å²) in [5, 5.41) is 6.85. The minimum atomic E-state index is -0.347. The van der Waals surface area contributed by atoms with E-state index < -0.39 is 0 Å². The average molecular weight is 494 g/mol. The molecule has 5 rings (SSSR count). The second-order valence-corrected chi connectivity index (χ2v) is 10.1. The Bertz CT molecular complexity index is 1150. The number of rotatable bonds is 9. The number of ether oxygens (including phenoxy) is 2. The lowest BCUT2D eigenvalue weighted by Crippen LogP contribution is -2.35. The molecule has 3 fully saturated rings. The molecule has 10 nitrogen and oxygen atoms in total. The summed E-state index contributed by atoms with van der Waals surface area (Å²) in [6.07, 6.45) is 9.54. The molecule has 1 aromatic heterocycles. The topological polar surface area (TPSA) is 127 Å². The smallest absolute Gasteiger partial charge is 0.251 e. The lowest BCUT2D eigenvalue weighted by atomic mass is 10.0. The van der Waals surface area contributed by atoms with Gasteiger partial charge in [-0.25, -0.2) is 0 Å². The van der Waals surface area contributed by atoms with Crippen LogP contribution in [0.3, 0.4) is 0 Å². The van der Waals surface area contributed by atoms with Crippen LogP contribution in [0.1, 0.15) is 60.3 Å². The third-order valence-electron chi connectivity index (χ3n) is 6.88. The van der Waals surface area contributed by atoms with Crippen LogP contribution < -0.4 is 16.1 Å². The van der Waals surface area contributed by atoms with Gasteiger partial charge in [-0.05, 0) is 43.9 Å². The molecule has 1 amide bonds. The van der Waals surface area contributed by atoms with Crippen LogP contribution in [0.2, 0.25) is 0 Å². The number of nitrogens with one attached hydrogen (secondary N) is 1. The highest BCUT2D eigenvalue weighted by atomic mass is 16.7. The third-order valence-corrected chi connectivity index (χ3v) is 6.88. The summed E-state index contributed by atoms with van der Waals surface area (Å²) in [5.41, 5.74) is 4.61. The predicted molar refractivity (Wildman–Crippen MR) is 140 cm³/mol. The van der Waals surface area contributed by atoms with Crippen molar-refractivity contribution < 1.29 is 15.7 Å². The minimum absolute atomic E-state index is 0. The van der Waals surface area contributed by atoms with Crippen LogP contribution in [0, 0.1) is 5.41 Å². The van der Waals surface area contributed by atoms with Gasteiger partial charge in [0.05, 0.1) is 43.9 Å². The predicted octanol–water partition coefficient (Wildman–Crippen LogP) is 2.48. The van der Waals surface area contributed by atoms with E-state index >= 15 is 0 Å². The molecule has 0 atom stereocenters. The molecule has 0 radical (unpaired) electrons. The molecule has 36 heavy (non-hydrogen) atoms. The van der Waals surface area contributed by atoms with E-state index in [4.69, 9.17) is 15.3 Å². The highest BCUT2D eigenvalue weighted by Gasteiger charge is 2.46. The van der Waals surface area contributed by atoms with Crippen molar-refractivity contribution in [2.75, 3.05) is 38.8 Å². The van der Waals surface area contributed by atoms with E-state index in [1.165, 1.54) is 25.7 Å². The number of carbonyl (C=O) groups excluding carboxylic acids is 1. The van der Waals surface area contributed by atoms with Gasteiger partial charge in [0.15, 0.2) is 6.29 Å². The Morgan fingerprint density at radius 3 is 2.64 bits per heavy atom. The van der Waals surface area contributed by atoms with Crippen molar-refractivity contribution >= 4 is 23.5 Å². The van der Waals surface area contributed by atoms with E-state index in [1.54, 1.807) is 18.5 Å². The normalized spacial score (nSPS) is 19.6. The van der Waals surface area contributed by atoms with Crippen molar-refractivity contribution in [2.45, 2.75) is 44.4 Å². The summed E-state index contributed by atoms with van der Waals surface area (Å²) >= 11 is 0. The average Bonchev–Trinajstić information content (AvgIpc) is 3.83. The molecular formula is C26H35N7O3. The lowest BCUT2D eigenvalue weighted by molar-refractivity contribution is -0.201. The molecule has 2 heterocycles. The summed E-state index contributed by atoms with van der Waals surface area (Å²) < 4.78 is 11.6. The van der Waals surface area contributed by atoms with Gasteiger partial charge in [0, 0.05) is 56.1 Å². The number of benzene rings is 1. The zero-order valence-corrected chi connectivity index (χ0v) is 20.8. The number of hydrogen-bond acceptors (Lipinski definition) is 9. The Hall–Kier alpha value is -3.37. The molecule has 1 aromatic carbocycles. The van der Waals surface area contributed by atoms with Crippen LogP contribution in [0.25, 0.3) is 0 Å². The number of carbonyl (C=O) groups is 1. The molecule has 0 unspecified atom stereocenters. The summed E-state index contributed by atoms with van der Waals surface area (Å²) in [7, 11) is 3.81. The highest BCUT2D eigenvalue weighted by molar-refractivity contribution is 6.39. The minimum Gasteiger partial charge on any atom is -0.377 e. The summed E-state index contributed by atoms with van der Waals surface area (Å²) in [6, 6.07) is 5.39. The number of aromatic nitrogens is 2. The van der Waals surface area contributed by atoms with Crippen LogP contribution in [-0.4, -0.2) is 67.9 Å². The molecule has 2 aliphatic carbocycles. The van der Waals surface area contributed by atoms with Crippen LogP contribution >= 0.6 is 0 Å². The molecule has 1 spiro atoms. The number of anilines is 1. The summed E-state index contributed by atoms with van der Waals surface area (Å²) in [4.78, 5) is 28.1. The van der Waals surface area contributed by atoms with Crippen molar-refractivity contribution in [3.05, 3.63) is 53.1 Å². The van der Waals surface area contributed by atoms with Gasteiger partial charge < -0.3 is 25.5 Å². The van der Waals surface area contributed by atoms with Gasteiger partial charge in [-0.3, -0.25) is 19.8 Å². The van der Waals surface area contributed by atoms with Crippen LogP contribution in [-0.2, 0) is 16.0 Å². The van der Waals surface area contributed by atoms with E-state index in [1.807, 2.05) is 37.3 Å². The molecular weight excluding hydrogens is 458 g/mol. The Morgan fingerprint density at radius 1 is 1.25 bits per heavy atom. The van der Waals surface area contributed by atoms with Crippen LogP contribution in [0.15, 0.2) is 40.7 Å². The van der Waals surface area contributed by atoms with Gasteiger partial charge in [-0.15, -0.1) is 0 Å². The quantitative estimate of drug-likeness (QED) is 0.312. The number of hydrogen-bond donors (Lipinski definition) is 2. The summed E-state index contributed by atoms with van der Waals surface area (Å²) in [5.74, 6) is 6.06. The number of nitrogens with zero attached hydrogens (tertiary/aromatic N) is 5. The van der Waals surface area contributed by atoms with Gasteiger partial charge in [0.1, 0.15) is 5.71 Å². The maximum absolute atomic E-state index is 12.8. The monoisotopic (exact) mass is 493 g/mol. The lowest BCUT2D eigenvalue weighted by Gasteiger charge is -2.28. The van der Waals surface area contributed by atoms with Crippen molar-refractivity contribution in [1.82, 2.24) is 15.3 Å². The van der Waals surface area contributed by atoms with Crippen LogP contribution in [0.5, 0.6) is 0 Å². The van der Waals surface area contributed by atoms with Crippen molar-refractivity contribution in [3.8, 4) is 0 Å². The van der Waals surface area contributed by atoms with E-state index in [9.17, 15) is 4.79 Å². The second-order valence-electron chi connectivity index (χ2n) is 10.1. The molecule has 2 saturated carbocycles. The van der Waals surface area contributed by atoms with E-state index in [2.05, 4.69) is 25.4 Å². The number of hydrazone groups is 1. The van der Waals surface area contributed by atoms with E-state index in [-0.39, 0.29) is 19.0 Å². The second kappa shape index (κ2) is 10.3. The fraction of sp³-hybridized carbons (Fsp3) is 0.500. The van der Waals surface area contributed by atoms with Crippen molar-refractivity contribution in [3.63, 3.8) is 0 Å². The number of amides is 1. The first-order valence-electron chi connectivity index (χ1n) is 12.4. The Morgan fingerprint density at radius 2 is 2.03 bits per heavy atom. The standard InChI is InChI=1S/C26H33N7O3.H2/c1-33(2)23-9-18(25(34)31-11-19-10-30-21(13-29-19)17-3-4-17)5-6-20(23)22(32-27)12-28-14-24-35-15-26(7-8-26)16-36-24;/h5-6,9-10,12-13,17,24H,3-4,7-8,11,14-16,27H2,1-2H3,(H,31,34);1H/b28-12?,32-22+;. The van der Waals surface area contributed by atoms with Gasteiger partial charge in [0.2, 0.25) is 0 Å².